The Kier molecular flexibility index (Phi) is 3.19. The Morgan fingerprint density at radius 2 is 2.39 bits per heavy atom. The van der Waals surface area contributed by atoms with Gasteiger partial charge in [-0.2, -0.15) is 5.26 Å². The minimum absolute atomic E-state index is 0.452. The molecule has 0 spiro atoms. The second kappa shape index (κ2) is 4.83. The van der Waals surface area contributed by atoms with Crippen molar-refractivity contribution in [2.45, 2.75) is 25.3 Å². The summed E-state index contributed by atoms with van der Waals surface area (Å²) in [4.78, 5) is 4.26. The molecule has 1 aliphatic carbocycles. The van der Waals surface area contributed by atoms with Crippen molar-refractivity contribution in [3.63, 3.8) is 0 Å². The van der Waals surface area contributed by atoms with Gasteiger partial charge in [-0.3, -0.25) is 0 Å². The molecule has 1 aromatic rings. The zero-order valence-corrected chi connectivity index (χ0v) is 11.6. The minimum atomic E-state index is 0.452. The summed E-state index contributed by atoms with van der Waals surface area (Å²) in [6.45, 7) is 1.09. The Morgan fingerprint density at radius 3 is 3.22 bits per heavy atom. The van der Waals surface area contributed by atoms with Crippen molar-refractivity contribution in [2.24, 2.45) is 5.92 Å². The van der Waals surface area contributed by atoms with Crippen LogP contribution >= 0.6 is 15.9 Å². The number of pyridine rings is 1. The van der Waals surface area contributed by atoms with Crippen molar-refractivity contribution in [3.8, 4) is 6.07 Å². The molecule has 0 aromatic carbocycles. The molecule has 0 bridgehead atoms. The van der Waals surface area contributed by atoms with E-state index in [4.69, 9.17) is 5.26 Å². The number of rotatable bonds is 1. The maximum Gasteiger partial charge on any atom is 0.123 e. The Balaban J connectivity index is 1.94. The van der Waals surface area contributed by atoms with Crippen LogP contribution in [0.3, 0.4) is 0 Å². The molecule has 0 unspecified atom stereocenters. The summed E-state index contributed by atoms with van der Waals surface area (Å²) in [6.07, 6.45) is 7.87. The number of piperidine rings is 1. The lowest BCUT2D eigenvalue weighted by Gasteiger charge is -2.29. The van der Waals surface area contributed by atoms with Gasteiger partial charge in [-0.15, -0.1) is 0 Å². The minimum Gasteiger partial charge on any atom is -0.310 e. The first-order chi connectivity index (χ1) is 8.79. The number of nitrogens with zero attached hydrogens (tertiary/aromatic N) is 2. The summed E-state index contributed by atoms with van der Waals surface area (Å²) in [7, 11) is 0. The number of halogens is 1. The number of nitrogens with one attached hydrogen (secondary N) is 1. The molecule has 1 aliphatic heterocycles. The maximum absolute atomic E-state index is 9.06. The van der Waals surface area contributed by atoms with Crippen molar-refractivity contribution in [1.82, 2.24) is 10.3 Å². The third-order valence-electron chi connectivity index (χ3n) is 3.86. The zero-order chi connectivity index (χ0) is 12.5. The molecule has 1 aromatic heterocycles. The fraction of sp³-hybridized carbons (Fsp3) is 0.429. The number of nitriles is 1. The van der Waals surface area contributed by atoms with Gasteiger partial charge in [0, 0.05) is 12.2 Å². The number of hydrogen-bond donors (Lipinski definition) is 1. The van der Waals surface area contributed by atoms with Crippen LogP contribution in [0, 0.1) is 17.2 Å². The van der Waals surface area contributed by atoms with Gasteiger partial charge in [0.1, 0.15) is 10.7 Å². The average molecular weight is 304 g/mol. The molecule has 18 heavy (non-hydrogen) atoms. The monoisotopic (exact) mass is 303 g/mol. The van der Waals surface area contributed by atoms with E-state index in [-0.39, 0.29) is 0 Å². The predicted molar refractivity (Wildman–Crippen MR) is 73.8 cm³/mol. The normalized spacial score (nSPS) is 26.3. The largest absolute Gasteiger partial charge is 0.310 e. The number of allylic oxidation sites excluding steroid dienone is 1. The summed E-state index contributed by atoms with van der Waals surface area (Å²) in [5.41, 5.74) is 3.00. The molecule has 92 valence electrons. The molecule has 3 rings (SSSR count). The van der Waals surface area contributed by atoms with Gasteiger partial charge in [0.15, 0.2) is 0 Å². The van der Waals surface area contributed by atoms with Gasteiger partial charge in [-0.1, -0.05) is 6.08 Å². The second-order valence-electron chi connectivity index (χ2n) is 4.90. The molecule has 2 heterocycles. The van der Waals surface area contributed by atoms with Crippen LogP contribution in [0.15, 0.2) is 22.9 Å². The highest BCUT2D eigenvalue weighted by Gasteiger charge is 2.32. The highest BCUT2D eigenvalue weighted by atomic mass is 79.9. The summed E-state index contributed by atoms with van der Waals surface area (Å²) in [5, 5.41) is 12.7. The molecule has 2 aliphatic rings. The fourth-order valence-electron chi connectivity index (χ4n) is 2.96. The van der Waals surface area contributed by atoms with Crippen molar-refractivity contribution in [1.29, 1.82) is 5.26 Å². The Morgan fingerprint density at radius 1 is 1.50 bits per heavy atom. The van der Waals surface area contributed by atoms with E-state index in [0.29, 0.717) is 16.2 Å². The van der Waals surface area contributed by atoms with Gasteiger partial charge in [0.05, 0.1) is 5.56 Å². The summed E-state index contributed by atoms with van der Waals surface area (Å²) in [6, 6.07) is 4.56. The average Bonchev–Trinajstić information content (AvgIpc) is 2.83. The molecular weight excluding hydrogens is 290 g/mol. The number of hydrogen-bond acceptors (Lipinski definition) is 3. The standard InChI is InChI=1S/C14H14BrN3/c15-14-10(7-16)6-11(8-18-14)12-4-3-9-2-1-5-17-13(9)12/h4,6,8-9,13,17H,1-3,5H2/t9-,13-/m1/s1. The van der Waals surface area contributed by atoms with E-state index in [1.807, 2.05) is 12.3 Å². The van der Waals surface area contributed by atoms with Gasteiger partial charge >= 0.3 is 0 Å². The summed E-state index contributed by atoms with van der Waals surface area (Å²) < 4.78 is 0.625. The van der Waals surface area contributed by atoms with Crippen molar-refractivity contribution < 1.29 is 0 Å². The van der Waals surface area contributed by atoms with Crippen LogP contribution in [0.1, 0.15) is 30.4 Å². The van der Waals surface area contributed by atoms with Crippen molar-refractivity contribution >= 4 is 21.5 Å². The quantitative estimate of drug-likeness (QED) is 0.812. The van der Waals surface area contributed by atoms with Crippen LogP contribution in [0.2, 0.25) is 0 Å². The SMILES string of the molecule is N#Cc1cc(C2=CC[C@H]3CCCN[C@@H]23)cnc1Br. The maximum atomic E-state index is 9.06. The lowest BCUT2D eigenvalue weighted by atomic mass is 9.88. The van der Waals surface area contributed by atoms with E-state index in [2.05, 4.69) is 38.4 Å². The summed E-state index contributed by atoms with van der Waals surface area (Å²) >= 11 is 3.30. The Bertz CT molecular complexity index is 544. The van der Waals surface area contributed by atoms with E-state index < -0.39 is 0 Å². The number of fused-ring (bicyclic) bond motifs is 1. The first kappa shape index (κ1) is 11.9. The van der Waals surface area contributed by atoms with Crippen LogP contribution in [-0.4, -0.2) is 17.6 Å². The van der Waals surface area contributed by atoms with Crippen LogP contribution in [0.5, 0.6) is 0 Å². The molecule has 0 radical (unpaired) electrons. The van der Waals surface area contributed by atoms with E-state index in [1.165, 1.54) is 18.4 Å². The number of aromatic nitrogens is 1. The van der Waals surface area contributed by atoms with Gasteiger partial charge < -0.3 is 5.32 Å². The Hall–Kier alpha value is -1.18. The van der Waals surface area contributed by atoms with Gasteiger partial charge in [-0.05, 0) is 64.9 Å². The molecule has 1 N–H and O–H groups in total. The van der Waals surface area contributed by atoms with Crippen molar-refractivity contribution in [2.75, 3.05) is 6.54 Å². The van der Waals surface area contributed by atoms with Crippen molar-refractivity contribution in [3.05, 3.63) is 34.1 Å². The van der Waals surface area contributed by atoms with Crippen LogP contribution in [-0.2, 0) is 0 Å². The molecule has 0 amide bonds. The zero-order valence-electron chi connectivity index (χ0n) is 9.99. The van der Waals surface area contributed by atoms with Gasteiger partial charge in [0.2, 0.25) is 0 Å². The summed E-state index contributed by atoms with van der Waals surface area (Å²) in [5.74, 6) is 0.725. The second-order valence-corrected chi connectivity index (χ2v) is 5.65. The first-order valence-corrected chi connectivity index (χ1v) is 7.08. The van der Waals surface area contributed by atoms with Gasteiger partial charge in [-0.25, -0.2) is 4.98 Å². The molecule has 3 nitrogen and oxygen atoms in total. The lowest BCUT2D eigenvalue weighted by molar-refractivity contribution is 0.346. The molecule has 2 atom stereocenters. The topological polar surface area (TPSA) is 48.7 Å². The van der Waals surface area contributed by atoms with E-state index in [0.717, 1.165) is 24.4 Å². The first-order valence-electron chi connectivity index (χ1n) is 6.29. The molecule has 4 heteroatoms. The van der Waals surface area contributed by atoms with Gasteiger partial charge in [0.25, 0.3) is 0 Å². The van der Waals surface area contributed by atoms with E-state index in [1.54, 1.807) is 0 Å². The molecule has 1 fully saturated rings. The highest BCUT2D eigenvalue weighted by Crippen LogP contribution is 2.37. The van der Waals surface area contributed by atoms with Crippen LogP contribution in [0.25, 0.3) is 5.57 Å². The molecular formula is C14H14BrN3. The van der Waals surface area contributed by atoms with Crippen LogP contribution < -0.4 is 5.32 Å². The lowest BCUT2D eigenvalue weighted by Crippen LogP contribution is -2.39. The highest BCUT2D eigenvalue weighted by molar-refractivity contribution is 9.10. The Labute approximate surface area is 115 Å². The third kappa shape index (κ3) is 1.98. The predicted octanol–water partition coefficient (Wildman–Crippen LogP) is 2.87. The smallest absolute Gasteiger partial charge is 0.123 e. The third-order valence-corrected chi connectivity index (χ3v) is 4.49. The fourth-order valence-corrected chi connectivity index (χ4v) is 3.27. The van der Waals surface area contributed by atoms with E-state index in [9.17, 15) is 0 Å². The van der Waals surface area contributed by atoms with E-state index >= 15 is 0 Å². The molecule has 1 saturated heterocycles. The molecule has 0 saturated carbocycles. The van der Waals surface area contributed by atoms with Crippen LogP contribution in [0.4, 0.5) is 0 Å².